The summed E-state index contributed by atoms with van der Waals surface area (Å²) in [4.78, 5) is 0. The molecule has 0 amide bonds. The summed E-state index contributed by atoms with van der Waals surface area (Å²) in [6, 6.07) is 3.01. The number of phenolic OH excluding ortho intramolecular Hbond substituents is 1. The number of ether oxygens (including phenoxy) is 1. The lowest BCUT2D eigenvalue weighted by Gasteiger charge is -2.24. The molecule has 2 rings (SSSR count). The molecule has 1 aliphatic heterocycles. The van der Waals surface area contributed by atoms with Gasteiger partial charge >= 0.3 is 0 Å². The number of phenols is 1. The Kier molecular flexibility index (Phi) is 2.06. The van der Waals surface area contributed by atoms with Crippen LogP contribution in [-0.4, -0.2) is 11.7 Å². The zero-order valence-corrected chi connectivity index (χ0v) is 7.71. The molecule has 1 heterocycles. The first-order valence-corrected chi connectivity index (χ1v) is 4.47. The van der Waals surface area contributed by atoms with Crippen LogP contribution in [0.1, 0.15) is 18.0 Å². The van der Waals surface area contributed by atoms with E-state index >= 15 is 0 Å². The fraction of sp³-hybridized carbons (Fsp3) is 0.333. The van der Waals surface area contributed by atoms with Crippen LogP contribution in [0.4, 0.5) is 0 Å². The third kappa shape index (κ3) is 1.34. The summed E-state index contributed by atoms with van der Waals surface area (Å²) in [6.07, 6.45) is 0.732. The molecule has 0 fully saturated rings. The van der Waals surface area contributed by atoms with Gasteiger partial charge in [0.1, 0.15) is 0 Å². The number of fused-ring (bicyclic) bond motifs is 1. The lowest BCUT2D eigenvalue weighted by atomic mass is 10.0. The molecule has 1 aliphatic rings. The minimum atomic E-state index is -0.136. The minimum Gasteiger partial charge on any atom is -0.504 e. The van der Waals surface area contributed by atoms with Gasteiger partial charge < -0.3 is 15.6 Å². The van der Waals surface area contributed by atoms with Crippen molar-refractivity contribution in [3.8, 4) is 11.5 Å². The van der Waals surface area contributed by atoms with Crippen LogP contribution in [0, 0.1) is 0 Å². The predicted molar refractivity (Wildman–Crippen MR) is 50.2 cm³/mol. The van der Waals surface area contributed by atoms with E-state index in [1.807, 2.05) is 0 Å². The van der Waals surface area contributed by atoms with Crippen molar-refractivity contribution < 1.29 is 9.84 Å². The Bertz CT molecular complexity index is 341. The highest BCUT2D eigenvalue weighted by molar-refractivity contribution is 6.31. The smallest absolute Gasteiger partial charge is 0.167 e. The van der Waals surface area contributed by atoms with Gasteiger partial charge in [-0.25, -0.2) is 0 Å². The normalized spacial score (nSPS) is 20.6. The Balaban J connectivity index is 2.60. The average molecular weight is 200 g/mol. The fourth-order valence-electron chi connectivity index (χ4n) is 1.49. The lowest BCUT2D eigenvalue weighted by Crippen LogP contribution is -2.20. The second kappa shape index (κ2) is 3.09. The van der Waals surface area contributed by atoms with Crippen LogP contribution in [-0.2, 0) is 0 Å². The van der Waals surface area contributed by atoms with Crippen LogP contribution in [0.25, 0.3) is 0 Å². The first kappa shape index (κ1) is 8.66. The van der Waals surface area contributed by atoms with Gasteiger partial charge in [0, 0.05) is 23.0 Å². The molecule has 70 valence electrons. The monoisotopic (exact) mass is 199 g/mol. The van der Waals surface area contributed by atoms with E-state index < -0.39 is 0 Å². The topological polar surface area (TPSA) is 55.5 Å². The zero-order chi connectivity index (χ0) is 9.42. The molecule has 13 heavy (non-hydrogen) atoms. The summed E-state index contributed by atoms with van der Waals surface area (Å²) < 4.78 is 5.29. The molecule has 0 spiro atoms. The molecule has 4 heteroatoms. The van der Waals surface area contributed by atoms with Gasteiger partial charge in [-0.15, -0.1) is 0 Å². The number of halogens is 1. The number of benzene rings is 1. The van der Waals surface area contributed by atoms with Gasteiger partial charge in [0.25, 0.3) is 0 Å². The Hall–Kier alpha value is -0.930. The van der Waals surface area contributed by atoms with Gasteiger partial charge in [-0.3, -0.25) is 0 Å². The fourth-order valence-corrected chi connectivity index (χ4v) is 1.78. The Morgan fingerprint density at radius 3 is 3.00 bits per heavy atom. The number of hydrogen-bond donors (Lipinski definition) is 2. The highest BCUT2D eigenvalue weighted by Crippen LogP contribution is 2.41. The second-order valence-corrected chi connectivity index (χ2v) is 3.46. The van der Waals surface area contributed by atoms with Crippen molar-refractivity contribution >= 4 is 11.6 Å². The van der Waals surface area contributed by atoms with Crippen LogP contribution in [0.15, 0.2) is 12.1 Å². The summed E-state index contributed by atoms with van der Waals surface area (Å²) in [5.41, 5.74) is 6.56. The molecule has 0 aromatic heterocycles. The van der Waals surface area contributed by atoms with Crippen molar-refractivity contribution in [2.45, 2.75) is 12.5 Å². The number of aromatic hydroxyl groups is 1. The zero-order valence-electron chi connectivity index (χ0n) is 6.96. The van der Waals surface area contributed by atoms with E-state index in [0.29, 0.717) is 22.9 Å². The third-order valence-corrected chi connectivity index (χ3v) is 2.50. The quantitative estimate of drug-likeness (QED) is 0.670. The standard InChI is InChI=1S/C9H10ClNO2/c10-5-1-2-7(12)9-8(5)6(11)3-4-13-9/h1-2,6,12H,3-4,11H2/t6-/m1/s1. The summed E-state index contributed by atoms with van der Waals surface area (Å²) >= 11 is 5.94. The number of hydrogen-bond acceptors (Lipinski definition) is 3. The second-order valence-electron chi connectivity index (χ2n) is 3.05. The van der Waals surface area contributed by atoms with Crippen molar-refractivity contribution in [2.75, 3.05) is 6.61 Å². The molecule has 1 aromatic rings. The molecular weight excluding hydrogens is 190 g/mol. The summed E-state index contributed by atoms with van der Waals surface area (Å²) in [6.45, 7) is 0.530. The van der Waals surface area contributed by atoms with E-state index in [2.05, 4.69) is 0 Å². The van der Waals surface area contributed by atoms with Crippen molar-refractivity contribution in [3.05, 3.63) is 22.7 Å². The first-order valence-electron chi connectivity index (χ1n) is 4.10. The lowest BCUT2D eigenvalue weighted by molar-refractivity contribution is 0.255. The molecule has 0 radical (unpaired) electrons. The number of rotatable bonds is 0. The maximum atomic E-state index is 9.46. The Morgan fingerprint density at radius 1 is 1.54 bits per heavy atom. The largest absolute Gasteiger partial charge is 0.504 e. The van der Waals surface area contributed by atoms with Crippen molar-refractivity contribution in [1.82, 2.24) is 0 Å². The van der Waals surface area contributed by atoms with E-state index in [4.69, 9.17) is 22.1 Å². The summed E-state index contributed by atoms with van der Waals surface area (Å²) in [7, 11) is 0. The first-order chi connectivity index (χ1) is 6.20. The van der Waals surface area contributed by atoms with E-state index in [1.165, 1.54) is 6.07 Å². The number of nitrogens with two attached hydrogens (primary N) is 1. The van der Waals surface area contributed by atoms with E-state index in [9.17, 15) is 5.11 Å². The van der Waals surface area contributed by atoms with Gasteiger partial charge in [0.2, 0.25) is 0 Å². The maximum absolute atomic E-state index is 9.46. The van der Waals surface area contributed by atoms with Gasteiger partial charge in [0.05, 0.1) is 6.61 Å². The van der Waals surface area contributed by atoms with Crippen LogP contribution >= 0.6 is 11.6 Å². The maximum Gasteiger partial charge on any atom is 0.167 e. The molecule has 0 aliphatic carbocycles. The molecule has 0 unspecified atom stereocenters. The molecule has 0 saturated heterocycles. The van der Waals surface area contributed by atoms with Crippen molar-refractivity contribution in [3.63, 3.8) is 0 Å². The average Bonchev–Trinajstić information content (AvgIpc) is 2.12. The molecule has 3 N–H and O–H groups in total. The van der Waals surface area contributed by atoms with Crippen LogP contribution < -0.4 is 10.5 Å². The van der Waals surface area contributed by atoms with Gasteiger partial charge in [-0.1, -0.05) is 11.6 Å². The Labute approximate surface area is 81.1 Å². The van der Waals surface area contributed by atoms with Crippen molar-refractivity contribution in [1.29, 1.82) is 0 Å². The van der Waals surface area contributed by atoms with Gasteiger partial charge in [0.15, 0.2) is 11.5 Å². The van der Waals surface area contributed by atoms with Gasteiger partial charge in [-0.2, -0.15) is 0 Å². The van der Waals surface area contributed by atoms with Gasteiger partial charge in [-0.05, 0) is 12.1 Å². The minimum absolute atomic E-state index is 0.106. The van der Waals surface area contributed by atoms with E-state index in [0.717, 1.165) is 6.42 Å². The summed E-state index contributed by atoms with van der Waals surface area (Å²) in [5, 5.41) is 10.0. The summed E-state index contributed by atoms with van der Waals surface area (Å²) in [5.74, 6) is 0.542. The van der Waals surface area contributed by atoms with E-state index in [1.54, 1.807) is 6.07 Å². The highest BCUT2D eigenvalue weighted by Gasteiger charge is 2.23. The van der Waals surface area contributed by atoms with Crippen molar-refractivity contribution in [2.24, 2.45) is 5.73 Å². The van der Waals surface area contributed by atoms with Crippen LogP contribution in [0.2, 0.25) is 5.02 Å². The SMILES string of the molecule is N[C@@H]1CCOc2c(O)ccc(Cl)c21. The molecule has 3 nitrogen and oxygen atoms in total. The molecule has 0 saturated carbocycles. The predicted octanol–water partition coefficient (Wildman–Crippen LogP) is 1.83. The highest BCUT2D eigenvalue weighted by atomic mass is 35.5. The molecule has 1 aromatic carbocycles. The molecule has 1 atom stereocenters. The third-order valence-electron chi connectivity index (χ3n) is 2.17. The molecular formula is C9H10ClNO2. The van der Waals surface area contributed by atoms with E-state index in [-0.39, 0.29) is 11.8 Å². The molecule has 0 bridgehead atoms. The van der Waals surface area contributed by atoms with Crippen LogP contribution in [0.3, 0.4) is 0 Å². The Morgan fingerprint density at radius 2 is 2.31 bits per heavy atom. The van der Waals surface area contributed by atoms with Crippen LogP contribution in [0.5, 0.6) is 11.5 Å².